The molecule has 0 bridgehead atoms. The third-order valence-electron chi connectivity index (χ3n) is 2.57. The summed E-state index contributed by atoms with van der Waals surface area (Å²) < 4.78 is 0.960. The molecule has 0 aliphatic rings. The first-order valence-corrected chi connectivity index (χ1v) is 5.77. The molecule has 4 N–H and O–H groups in total. The number of halogens is 1. The number of hydrogen-bond donors (Lipinski definition) is 3. The van der Waals surface area contributed by atoms with E-state index >= 15 is 0 Å². The minimum Gasteiger partial charge on any atom is -0.478 e. The highest BCUT2D eigenvalue weighted by Crippen LogP contribution is 2.31. The van der Waals surface area contributed by atoms with Gasteiger partial charge in [0.05, 0.1) is 11.4 Å². The second kappa shape index (κ2) is 4.25. The Morgan fingerprint density at radius 2 is 1.94 bits per heavy atom. The first kappa shape index (κ1) is 11.7. The van der Waals surface area contributed by atoms with E-state index in [0.717, 1.165) is 10.0 Å². The SMILES string of the molecule is Cc1[nH]c(-c2ccc(Br)cc2)c(N)c1C(=O)O. The Labute approximate surface area is 107 Å². The van der Waals surface area contributed by atoms with Gasteiger partial charge in [0.2, 0.25) is 0 Å². The topological polar surface area (TPSA) is 79.1 Å². The Kier molecular flexibility index (Phi) is 2.93. The summed E-state index contributed by atoms with van der Waals surface area (Å²) in [6, 6.07) is 7.51. The van der Waals surface area contributed by atoms with Gasteiger partial charge < -0.3 is 15.8 Å². The van der Waals surface area contributed by atoms with E-state index in [2.05, 4.69) is 20.9 Å². The number of aromatic nitrogens is 1. The number of anilines is 1. The predicted octanol–water partition coefficient (Wildman–Crippen LogP) is 3.03. The smallest absolute Gasteiger partial charge is 0.339 e. The number of aromatic amines is 1. The molecule has 5 heteroatoms. The maximum atomic E-state index is 11.0. The quantitative estimate of drug-likeness (QED) is 0.796. The Morgan fingerprint density at radius 1 is 1.35 bits per heavy atom. The molecule has 0 amide bonds. The number of rotatable bonds is 2. The van der Waals surface area contributed by atoms with Gasteiger partial charge in [-0.1, -0.05) is 28.1 Å². The minimum atomic E-state index is -1.01. The molecule has 2 aromatic rings. The van der Waals surface area contributed by atoms with Crippen molar-refractivity contribution >= 4 is 27.6 Å². The van der Waals surface area contributed by atoms with Crippen LogP contribution in [0.5, 0.6) is 0 Å². The van der Waals surface area contributed by atoms with Crippen LogP contribution in [0.25, 0.3) is 11.3 Å². The molecule has 1 aromatic carbocycles. The van der Waals surface area contributed by atoms with E-state index in [1.165, 1.54) is 0 Å². The van der Waals surface area contributed by atoms with Gasteiger partial charge in [-0.25, -0.2) is 4.79 Å². The molecular weight excluding hydrogens is 284 g/mol. The Morgan fingerprint density at radius 3 is 2.41 bits per heavy atom. The first-order valence-electron chi connectivity index (χ1n) is 4.98. The number of hydrogen-bond acceptors (Lipinski definition) is 2. The summed E-state index contributed by atoms with van der Waals surface area (Å²) >= 11 is 3.34. The molecule has 0 saturated heterocycles. The van der Waals surface area contributed by atoms with E-state index in [1.54, 1.807) is 6.92 Å². The summed E-state index contributed by atoms with van der Waals surface area (Å²) in [5, 5.41) is 9.04. The lowest BCUT2D eigenvalue weighted by Crippen LogP contribution is -2.01. The molecule has 1 aromatic heterocycles. The molecule has 0 spiro atoms. The molecule has 2 rings (SSSR count). The van der Waals surface area contributed by atoms with Crippen LogP contribution in [0.3, 0.4) is 0 Å². The highest BCUT2D eigenvalue weighted by atomic mass is 79.9. The lowest BCUT2D eigenvalue weighted by Gasteiger charge is -2.00. The largest absolute Gasteiger partial charge is 0.478 e. The number of nitrogen functional groups attached to an aromatic ring is 1. The van der Waals surface area contributed by atoms with Gasteiger partial charge in [-0.15, -0.1) is 0 Å². The number of benzene rings is 1. The van der Waals surface area contributed by atoms with E-state index < -0.39 is 5.97 Å². The van der Waals surface area contributed by atoms with Crippen LogP contribution in [0.1, 0.15) is 16.1 Å². The summed E-state index contributed by atoms with van der Waals surface area (Å²) in [4.78, 5) is 14.0. The van der Waals surface area contributed by atoms with E-state index in [9.17, 15) is 4.79 Å². The first-order chi connectivity index (χ1) is 8.00. The summed E-state index contributed by atoms with van der Waals surface area (Å²) in [5.74, 6) is -1.01. The van der Waals surface area contributed by atoms with Crippen LogP contribution in [-0.4, -0.2) is 16.1 Å². The molecule has 0 aliphatic carbocycles. The maximum absolute atomic E-state index is 11.0. The van der Waals surface area contributed by atoms with Crippen LogP contribution in [0, 0.1) is 6.92 Å². The Bertz CT molecular complexity index is 573. The Balaban J connectivity index is 2.57. The molecule has 0 saturated carbocycles. The van der Waals surface area contributed by atoms with Gasteiger partial charge in [0.15, 0.2) is 0 Å². The van der Waals surface area contributed by atoms with E-state index in [4.69, 9.17) is 10.8 Å². The number of carboxylic acid groups (broad SMARTS) is 1. The fourth-order valence-electron chi connectivity index (χ4n) is 1.76. The van der Waals surface area contributed by atoms with Crippen molar-refractivity contribution < 1.29 is 9.90 Å². The van der Waals surface area contributed by atoms with E-state index in [1.807, 2.05) is 24.3 Å². The van der Waals surface area contributed by atoms with Crippen molar-refractivity contribution in [3.05, 3.63) is 40.0 Å². The summed E-state index contributed by atoms with van der Waals surface area (Å²) in [7, 11) is 0. The second-order valence-electron chi connectivity index (χ2n) is 3.73. The molecule has 0 unspecified atom stereocenters. The van der Waals surface area contributed by atoms with Crippen LogP contribution >= 0.6 is 15.9 Å². The maximum Gasteiger partial charge on any atom is 0.339 e. The monoisotopic (exact) mass is 294 g/mol. The molecule has 0 aliphatic heterocycles. The van der Waals surface area contributed by atoms with Crippen LogP contribution < -0.4 is 5.73 Å². The number of H-pyrrole nitrogens is 1. The van der Waals surface area contributed by atoms with Crippen LogP contribution in [0.4, 0.5) is 5.69 Å². The van der Waals surface area contributed by atoms with E-state index in [0.29, 0.717) is 11.4 Å². The molecule has 0 atom stereocenters. The standard InChI is InChI=1S/C12H11BrN2O2/c1-6-9(12(16)17)10(14)11(15-6)7-2-4-8(13)5-3-7/h2-5,15H,14H2,1H3,(H,16,17). The molecule has 88 valence electrons. The molecular formula is C12H11BrN2O2. The van der Waals surface area contributed by atoms with Crippen molar-refractivity contribution in [1.82, 2.24) is 4.98 Å². The van der Waals surface area contributed by atoms with Crippen LogP contribution in [-0.2, 0) is 0 Å². The van der Waals surface area contributed by atoms with Crippen molar-refractivity contribution in [1.29, 1.82) is 0 Å². The third-order valence-corrected chi connectivity index (χ3v) is 3.10. The zero-order valence-electron chi connectivity index (χ0n) is 9.12. The van der Waals surface area contributed by atoms with Gasteiger partial charge >= 0.3 is 5.97 Å². The molecule has 0 fully saturated rings. The van der Waals surface area contributed by atoms with Gasteiger partial charge in [0.1, 0.15) is 5.56 Å². The number of nitrogens with one attached hydrogen (secondary N) is 1. The molecule has 1 heterocycles. The fourth-order valence-corrected chi connectivity index (χ4v) is 2.03. The normalized spacial score (nSPS) is 10.5. The van der Waals surface area contributed by atoms with Gasteiger partial charge in [-0.2, -0.15) is 0 Å². The third kappa shape index (κ3) is 2.06. The summed E-state index contributed by atoms with van der Waals surface area (Å²) in [6.07, 6.45) is 0. The van der Waals surface area contributed by atoms with Gasteiger partial charge in [0.25, 0.3) is 0 Å². The van der Waals surface area contributed by atoms with Crippen LogP contribution in [0.2, 0.25) is 0 Å². The van der Waals surface area contributed by atoms with Crippen LogP contribution in [0.15, 0.2) is 28.7 Å². The number of carbonyl (C=O) groups is 1. The van der Waals surface area contributed by atoms with Crippen molar-refractivity contribution in [2.75, 3.05) is 5.73 Å². The highest BCUT2D eigenvalue weighted by molar-refractivity contribution is 9.10. The lowest BCUT2D eigenvalue weighted by molar-refractivity contribution is 0.0697. The number of aromatic carboxylic acids is 1. The molecule has 0 radical (unpaired) electrons. The Hall–Kier alpha value is -1.75. The fraction of sp³-hybridized carbons (Fsp3) is 0.0833. The average Bonchev–Trinajstić information content (AvgIpc) is 2.55. The summed E-state index contributed by atoms with van der Waals surface area (Å²) in [5.41, 5.74) is 8.34. The lowest BCUT2D eigenvalue weighted by atomic mass is 10.1. The number of nitrogens with two attached hydrogens (primary N) is 1. The van der Waals surface area contributed by atoms with Crippen molar-refractivity contribution in [2.45, 2.75) is 6.92 Å². The zero-order chi connectivity index (χ0) is 12.6. The highest BCUT2D eigenvalue weighted by Gasteiger charge is 2.18. The van der Waals surface area contributed by atoms with Crippen molar-refractivity contribution in [2.24, 2.45) is 0 Å². The summed E-state index contributed by atoms with van der Waals surface area (Å²) in [6.45, 7) is 1.70. The van der Waals surface area contributed by atoms with E-state index in [-0.39, 0.29) is 11.3 Å². The number of aryl methyl sites for hydroxylation is 1. The molecule has 17 heavy (non-hydrogen) atoms. The molecule has 4 nitrogen and oxygen atoms in total. The second-order valence-corrected chi connectivity index (χ2v) is 4.64. The van der Waals surface area contributed by atoms with Gasteiger partial charge in [-0.3, -0.25) is 0 Å². The van der Waals surface area contributed by atoms with Crippen molar-refractivity contribution in [3.63, 3.8) is 0 Å². The van der Waals surface area contributed by atoms with Gasteiger partial charge in [0, 0.05) is 15.7 Å². The van der Waals surface area contributed by atoms with Gasteiger partial charge in [-0.05, 0) is 19.1 Å². The van der Waals surface area contributed by atoms with Crippen molar-refractivity contribution in [3.8, 4) is 11.3 Å². The average molecular weight is 295 g/mol. The zero-order valence-corrected chi connectivity index (χ0v) is 10.7. The number of carboxylic acids is 1. The predicted molar refractivity (Wildman–Crippen MR) is 70.0 cm³/mol. The minimum absolute atomic E-state index is 0.142.